The molecule has 0 aromatic heterocycles. The van der Waals surface area contributed by atoms with Crippen molar-refractivity contribution in [3.05, 3.63) is 40.4 Å². The van der Waals surface area contributed by atoms with Gasteiger partial charge < -0.3 is 9.57 Å². The first kappa shape index (κ1) is 15.9. The number of carbonyl (C=O) groups excluding carboxylic acids is 2. The van der Waals surface area contributed by atoms with Crippen LogP contribution in [0.3, 0.4) is 0 Å². The van der Waals surface area contributed by atoms with Crippen LogP contribution in [0.4, 0.5) is 0 Å². The van der Waals surface area contributed by atoms with Crippen LogP contribution in [0.25, 0.3) is 6.08 Å². The van der Waals surface area contributed by atoms with Crippen molar-refractivity contribution in [2.75, 3.05) is 14.2 Å². The maximum Gasteiger partial charge on any atom is 0.360 e. The summed E-state index contributed by atoms with van der Waals surface area (Å²) in [5.41, 5.74) is 1.02. The number of ether oxygens (including phenoxy) is 1. The van der Waals surface area contributed by atoms with E-state index < -0.39 is 5.97 Å². The minimum absolute atomic E-state index is 0.00475. The van der Waals surface area contributed by atoms with Gasteiger partial charge in [0.25, 0.3) is 0 Å². The fraction of sp³-hybridized carbons (Fsp3) is 0.214. The largest absolute Gasteiger partial charge is 0.464 e. The molecule has 0 radical (unpaired) electrons. The molecule has 1 aromatic carbocycles. The molecular formula is C14H14ClNO4. The smallest absolute Gasteiger partial charge is 0.360 e. The summed E-state index contributed by atoms with van der Waals surface area (Å²) < 4.78 is 4.66. The number of nitrogens with zero attached hydrogens (tertiary/aromatic N) is 1. The minimum Gasteiger partial charge on any atom is -0.464 e. The summed E-state index contributed by atoms with van der Waals surface area (Å²) in [5.74, 6) is -0.920. The molecule has 0 N–H and O–H groups in total. The van der Waals surface area contributed by atoms with E-state index in [1.165, 1.54) is 27.2 Å². The molecule has 6 heteroatoms. The van der Waals surface area contributed by atoms with Gasteiger partial charge in [0.05, 0.1) is 12.1 Å². The van der Waals surface area contributed by atoms with Crippen LogP contribution in [0, 0.1) is 0 Å². The second kappa shape index (κ2) is 7.45. The zero-order valence-electron chi connectivity index (χ0n) is 11.3. The second-order valence-electron chi connectivity index (χ2n) is 3.75. The van der Waals surface area contributed by atoms with Gasteiger partial charge in [0.2, 0.25) is 0 Å². The molecule has 0 heterocycles. The van der Waals surface area contributed by atoms with Crippen molar-refractivity contribution in [3.8, 4) is 0 Å². The molecule has 1 rings (SSSR count). The Balaban J connectivity index is 3.38. The number of methoxy groups -OCH3 is 1. The molecule has 0 amide bonds. The molecule has 0 aliphatic heterocycles. The lowest BCUT2D eigenvalue weighted by molar-refractivity contribution is -0.132. The standard InChI is InChI=1S/C14H14ClNO4/c1-9(17)12(15)8-10-6-4-5-7-11(10)13(16-20-3)14(18)19-2/h4-8H,1-3H3. The van der Waals surface area contributed by atoms with Gasteiger partial charge in [0.1, 0.15) is 7.11 Å². The van der Waals surface area contributed by atoms with E-state index in [9.17, 15) is 9.59 Å². The van der Waals surface area contributed by atoms with Gasteiger partial charge >= 0.3 is 5.97 Å². The van der Waals surface area contributed by atoms with Crippen LogP contribution in [-0.2, 0) is 19.2 Å². The lowest BCUT2D eigenvalue weighted by atomic mass is 10.0. The molecule has 20 heavy (non-hydrogen) atoms. The van der Waals surface area contributed by atoms with E-state index in [0.717, 1.165) is 0 Å². The van der Waals surface area contributed by atoms with Gasteiger partial charge in [-0.05, 0) is 11.6 Å². The number of halogens is 1. The van der Waals surface area contributed by atoms with Crippen LogP contribution in [0.5, 0.6) is 0 Å². The summed E-state index contributed by atoms with van der Waals surface area (Å²) >= 11 is 5.84. The molecule has 0 fully saturated rings. The predicted molar refractivity (Wildman–Crippen MR) is 76.5 cm³/mol. The Morgan fingerprint density at radius 2 is 1.90 bits per heavy atom. The highest BCUT2D eigenvalue weighted by molar-refractivity contribution is 6.45. The molecule has 0 aliphatic rings. The van der Waals surface area contributed by atoms with E-state index in [-0.39, 0.29) is 16.5 Å². The number of rotatable bonds is 5. The maximum atomic E-state index is 11.7. The van der Waals surface area contributed by atoms with E-state index in [4.69, 9.17) is 11.6 Å². The van der Waals surface area contributed by atoms with Gasteiger partial charge in [-0.25, -0.2) is 4.79 Å². The molecular weight excluding hydrogens is 282 g/mol. The highest BCUT2D eigenvalue weighted by atomic mass is 35.5. The molecule has 0 saturated carbocycles. The first-order chi connectivity index (χ1) is 9.51. The second-order valence-corrected chi connectivity index (χ2v) is 4.16. The Morgan fingerprint density at radius 1 is 1.25 bits per heavy atom. The van der Waals surface area contributed by atoms with E-state index in [0.29, 0.717) is 11.1 Å². The third-order valence-electron chi connectivity index (χ3n) is 2.40. The number of ketones is 1. The number of oxime groups is 1. The van der Waals surface area contributed by atoms with Crippen molar-refractivity contribution in [2.24, 2.45) is 5.16 Å². The Morgan fingerprint density at radius 3 is 2.45 bits per heavy atom. The van der Waals surface area contributed by atoms with Crippen molar-refractivity contribution < 1.29 is 19.2 Å². The number of allylic oxidation sites excluding steroid dienone is 1. The fourth-order valence-electron chi connectivity index (χ4n) is 1.46. The van der Waals surface area contributed by atoms with E-state index >= 15 is 0 Å². The number of benzene rings is 1. The van der Waals surface area contributed by atoms with Crippen LogP contribution in [0.1, 0.15) is 18.1 Å². The van der Waals surface area contributed by atoms with Gasteiger partial charge in [0.15, 0.2) is 11.5 Å². The Hall–Kier alpha value is -2.14. The number of hydrogen-bond donors (Lipinski definition) is 0. The Kier molecular flexibility index (Phi) is 5.93. The van der Waals surface area contributed by atoms with E-state index in [1.807, 2.05) is 0 Å². The average molecular weight is 296 g/mol. The van der Waals surface area contributed by atoms with Crippen LogP contribution < -0.4 is 0 Å². The first-order valence-electron chi connectivity index (χ1n) is 5.68. The van der Waals surface area contributed by atoms with Crippen molar-refractivity contribution in [1.82, 2.24) is 0 Å². The van der Waals surface area contributed by atoms with Crippen molar-refractivity contribution in [2.45, 2.75) is 6.92 Å². The number of carbonyl (C=O) groups is 2. The summed E-state index contributed by atoms with van der Waals surface area (Å²) in [6.07, 6.45) is 1.47. The number of Topliss-reactive ketones (excluding diaryl/α,β-unsaturated/α-hetero) is 1. The first-order valence-corrected chi connectivity index (χ1v) is 6.06. The summed E-state index contributed by atoms with van der Waals surface area (Å²) in [5, 5.41) is 3.72. The Labute approximate surface area is 121 Å². The molecule has 1 aromatic rings. The lowest BCUT2D eigenvalue weighted by Crippen LogP contribution is -2.18. The molecule has 0 aliphatic carbocycles. The van der Waals surface area contributed by atoms with E-state index in [1.54, 1.807) is 24.3 Å². The van der Waals surface area contributed by atoms with Crippen LogP contribution >= 0.6 is 11.6 Å². The third kappa shape index (κ3) is 3.93. The topological polar surface area (TPSA) is 65.0 Å². The van der Waals surface area contributed by atoms with Crippen molar-refractivity contribution in [3.63, 3.8) is 0 Å². The predicted octanol–water partition coefficient (Wildman–Crippen LogP) is 2.38. The molecule has 0 saturated heterocycles. The van der Waals surface area contributed by atoms with Gasteiger partial charge in [-0.1, -0.05) is 41.0 Å². The Bertz CT molecular complexity index is 578. The van der Waals surface area contributed by atoms with Crippen molar-refractivity contribution >= 4 is 35.1 Å². The summed E-state index contributed by atoms with van der Waals surface area (Å²) in [4.78, 5) is 27.6. The number of esters is 1. The third-order valence-corrected chi connectivity index (χ3v) is 2.77. The van der Waals surface area contributed by atoms with Crippen molar-refractivity contribution in [1.29, 1.82) is 0 Å². The molecule has 0 bridgehead atoms. The normalized spacial score (nSPS) is 12.0. The summed E-state index contributed by atoms with van der Waals surface area (Å²) in [6, 6.07) is 6.84. The van der Waals surface area contributed by atoms with Gasteiger partial charge in [-0.3, -0.25) is 4.79 Å². The quantitative estimate of drug-likeness (QED) is 0.362. The highest BCUT2D eigenvalue weighted by Crippen LogP contribution is 2.17. The lowest BCUT2D eigenvalue weighted by Gasteiger charge is -2.07. The van der Waals surface area contributed by atoms with Gasteiger partial charge in [0, 0.05) is 12.5 Å². The highest BCUT2D eigenvalue weighted by Gasteiger charge is 2.18. The van der Waals surface area contributed by atoms with Gasteiger partial charge in [-0.2, -0.15) is 0 Å². The van der Waals surface area contributed by atoms with Crippen LogP contribution in [0.15, 0.2) is 34.5 Å². The molecule has 106 valence electrons. The molecule has 0 unspecified atom stereocenters. The summed E-state index contributed by atoms with van der Waals surface area (Å²) in [6.45, 7) is 1.35. The monoisotopic (exact) mass is 295 g/mol. The SMILES string of the molecule is CON=C(C(=O)OC)c1ccccc1C=C(Cl)C(C)=O. The zero-order chi connectivity index (χ0) is 15.1. The molecule has 0 atom stereocenters. The van der Waals surface area contributed by atoms with Gasteiger partial charge in [-0.15, -0.1) is 0 Å². The summed E-state index contributed by atoms with van der Waals surface area (Å²) in [7, 11) is 2.57. The van der Waals surface area contributed by atoms with Crippen LogP contribution in [-0.4, -0.2) is 31.7 Å². The van der Waals surface area contributed by atoms with E-state index in [2.05, 4.69) is 14.7 Å². The van der Waals surface area contributed by atoms with Crippen LogP contribution in [0.2, 0.25) is 0 Å². The number of hydrogen-bond acceptors (Lipinski definition) is 5. The average Bonchev–Trinajstić information content (AvgIpc) is 2.44. The molecule has 0 spiro atoms. The minimum atomic E-state index is -0.647. The fourth-order valence-corrected chi connectivity index (χ4v) is 1.58. The zero-order valence-corrected chi connectivity index (χ0v) is 12.1. The maximum absolute atomic E-state index is 11.7. The molecule has 5 nitrogen and oxygen atoms in total.